The average Bonchev–Trinajstić information content (AvgIpc) is 1.96. The summed E-state index contributed by atoms with van der Waals surface area (Å²) in [6, 6.07) is -0.459. The fourth-order valence-electron chi connectivity index (χ4n) is 0.651. The van der Waals surface area contributed by atoms with Gasteiger partial charge in [-0.1, -0.05) is 27.2 Å². The quantitative estimate of drug-likeness (QED) is 0.606. The highest BCUT2D eigenvalue weighted by Crippen LogP contribution is 2.48. The van der Waals surface area contributed by atoms with Crippen molar-refractivity contribution in [2.45, 2.75) is 12.5 Å². The maximum absolute atomic E-state index is 10.6. The van der Waals surface area contributed by atoms with E-state index in [0.29, 0.717) is 13.0 Å². The van der Waals surface area contributed by atoms with Crippen molar-refractivity contribution in [1.29, 1.82) is 0 Å². The first-order valence-electron chi connectivity index (χ1n) is 3.30. The Bertz CT molecular complexity index is 145. The van der Waals surface area contributed by atoms with E-state index < -0.39 is 19.5 Å². The maximum Gasteiger partial charge on any atom is 0.321 e. The van der Waals surface area contributed by atoms with Gasteiger partial charge in [0.25, 0.3) is 0 Å². The summed E-state index contributed by atoms with van der Waals surface area (Å²) >= 11 is 0. The molecule has 3 N–H and O–H groups in total. The highest BCUT2D eigenvalue weighted by molar-refractivity contribution is 8.42. The zero-order valence-corrected chi connectivity index (χ0v) is 10.9. The van der Waals surface area contributed by atoms with Crippen molar-refractivity contribution in [3.8, 4) is 0 Å². The first-order valence-corrected chi connectivity index (χ1v) is 8.45. The Morgan fingerprint density at radius 2 is 2.17 bits per heavy atom. The number of carbonyl (C=O) groups is 1. The standard InChI is InChI=1S/C4H14N2O2P4/c7-4(8)3(1-2-5-9)6-12(10)11/h3,5-6H,1-2,9-11H2,(H,7,8). The van der Waals surface area contributed by atoms with Gasteiger partial charge < -0.3 is 10.2 Å². The molecule has 0 saturated heterocycles. The Hall–Kier alpha value is 1.11. The predicted octanol–water partition coefficient (Wildman–Crippen LogP) is 0.776. The Kier molecular flexibility index (Phi) is 8.20. The van der Waals surface area contributed by atoms with E-state index in [1.54, 1.807) is 0 Å². The molecule has 8 heteroatoms. The number of hydrogen-bond acceptors (Lipinski definition) is 3. The highest BCUT2D eigenvalue weighted by Gasteiger charge is 2.16. The highest BCUT2D eigenvalue weighted by atomic mass is 32.4. The molecule has 72 valence electrons. The normalized spacial score (nSPS) is 13.3. The Morgan fingerprint density at radius 3 is 2.50 bits per heavy atom. The number of hydrogen-bond donors (Lipinski definition) is 3. The molecule has 0 aliphatic heterocycles. The van der Waals surface area contributed by atoms with Crippen LogP contribution in [0.3, 0.4) is 0 Å². The van der Waals surface area contributed by atoms with Crippen LogP contribution in [0.1, 0.15) is 6.42 Å². The fraction of sp³-hybridized carbons (Fsp3) is 0.750. The minimum absolute atomic E-state index is 0.459. The van der Waals surface area contributed by atoms with Crippen molar-refractivity contribution in [1.82, 2.24) is 10.2 Å². The van der Waals surface area contributed by atoms with Crippen LogP contribution in [0.4, 0.5) is 0 Å². The molecular weight excluding hydrogens is 232 g/mol. The molecule has 4 atom stereocenters. The van der Waals surface area contributed by atoms with Gasteiger partial charge in [0, 0.05) is 6.54 Å². The number of nitrogens with one attached hydrogen (secondary N) is 2. The molecule has 0 heterocycles. The third kappa shape index (κ3) is 6.61. The molecule has 0 amide bonds. The fourth-order valence-corrected chi connectivity index (χ4v) is 2.50. The Morgan fingerprint density at radius 1 is 1.58 bits per heavy atom. The van der Waals surface area contributed by atoms with Crippen LogP contribution in [0.5, 0.6) is 0 Å². The number of carboxylic acids is 1. The maximum atomic E-state index is 10.6. The van der Waals surface area contributed by atoms with Gasteiger partial charge in [0.15, 0.2) is 0 Å². The van der Waals surface area contributed by atoms with Gasteiger partial charge in [0.1, 0.15) is 6.04 Å². The molecule has 0 saturated carbocycles. The van der Waals surface area contributed by atoms with E-state index >= 15 is 0 Å². The van der Waals surface area contributed by atoms with Gasteiger partial charge in [-0.2, -0.15) is 0 Å². The van der Waals surface area contributed by atoms with Crippen molar-refractivity contribution < 1.29 is 9.90 Å². The number of rotatable bonds is 6. The smallest absolute Gasteiger partial charge is 0.321 e. The molecular formula is C4H14N2O2P4. The molecule has 0 aromatic heterocycles. The minimum Gasteiger partial charge on any atom is -0.480 e. The average molecular weight is 246 g/mol. The van der Waals surface area contributed by atoms with Crippen LogP contribution >= 0.6 is 34.7 Å². The minimum atomic E-state index is -0.798. The van der Waals surface area contributed by atoms with Gasteiger partial charge in [-0.25, -0.2) is 0 Å². The lowest BCUT2D eigenvalue weighted by Gasteiger charge is -2.16. The van der Waals surface area contributed by atoms with Crippen LogP contribution in [0, 0.1) is 0 Å². The van der Waals surface area contributed by atoms with E-state index in [-0.39, 0.29) is 0 Å². The SMILES string of the molecule is O=C(O)C(CCNP)NP(P)P. The van der Waals surface area contributed by atoms with Crippen molar-refractivity contribution in [3.05, 3.63) is 0 Å². The van der Waals surface area contributed by atoms with Gasteiger partial charge in [-0.15, -0.1) is 0 Å². The molecule has 4 nitrogen and oxygen atoms in total. The second-order valence-corrected chi connectivity index (χ2v) is 8.78. The first kappa shape index (κ1) is 13.1. The zero-order chi connectivity index (χ0) is 9.56. The van der Waals surface area contributed by atoms with Crippen molar-refractivity contribution in [2.24, 2.45) is 0 Å². The van der Waals surface area contributed by atoms with Crippen LogP contribution in [0.25, 0.3) is 0 Å². The molecule has 12 heavy (non-hydrogen) atoms. The summed E-state index contributed by atoms with van der Waals surface area (Å²) in [6.07, 6.45) is 0.584. The monoisotopic (exact) mass is 246 g/mol. The van der Waals surface area contributed by atoms with E-state index in [9.17, 15) is 4.79 Å². The van der Waals surface area contributed by atoms with Crippen LogP contribution in [-0.4, -0.2) is 23.7 Å². The Balaban J connectivity index is 3.78. The van der Waals surface area contributed by atoms with Crippen molar-refractivity contribution in [3.63, 3.8) is 0 Å². The third-order valence-electron chi connectivity index (χ3n) is 1.18. The summed E-state index contributed by atoms with van der Waals surface area (Å²) in [5, 5.41) is 14.5. The summed E-state index contributed by atoms with van der Waals surface area (Å²) in [7, 11) is 6.91. The summed E-state index contributed by atoms with van der Waals surface area (Å²) in [5.41, 5.74) is 0. The molecule has 0 rings (SSSR count). The van der Waals surface area contributed by atoms with Crippen molar-refractivity contribution >= 4 is 40.7 Å². The van der Waals surface area contributed by atoms with Gasteiger partial charge in [0.2, 0.25) is 0 Å². The summed E-state index contributed by atoms with van der Waals surface area (Å²) in [4.78, 5) is 10.6. The van der Waals surface area contributed by atoms with Crippen LogP contribution in [0.15, 0.2) is 0 Å². The van der Waals surface area contributed by atoms with Gasteiger partial charge >= 0.3 is 5.97 Å². The number of carboxylic acid groups (broad SMARTS) is 1. The lowest BCUT2D eigenvalue weighted by atomic mass is 10.2. The van der Waals surface area contributed by atoms with E-state index in [4.69, 9.17) is 5.11 Å². The van der Waals surface area contributed by atoms with Crippen LogP contribution in [0.2, 0.25) is 0 Å². The molecule has 0 fully saturated rings. The molecule has 0 radical (unpaired) electrons. The Labute approximate surface area is 80.3 Å². The van der Waals surface area contributed by atoms with Crippen molar-refractivity contribution in [2.75, 3.05) is 6.54 Å². The van der Waals surface area contributed by atoms with Gasteiger partial charge in [0.05, 0.1) is 0 Å². The number of aliphatic carboxylic acids is 1. The zero-order valence-electron chi connectivity index (χ0n) is 6.53. The molecule has 0 bridgehead atoms. The topological polar surface area (TPSA) is 61.4 Å². The van der Waals surface area contributed by atoms with E-state index in [2.05, 4.69) is 37.4 Å². The van der Waals surface area contributed by atoms with E-state index in [1.165, 1.54) is 0 Å². The predicted molar refractivity (Wildman–Crippen MR) is 63.2 cm³/mol. The second-order valence-electron chi connectivity index (χ2n) is 2.17. The summed E-state index contributed by atoms with van der Waals surface area (Å²) in [5.74, 6) is -0.798. The molecule has 0 aromatic carbocycles. The lowest BCUT2D eigenvalue weighted by molar-refractivity contribution is -0.139. The van der Waals surface area contributed by atoms with E-state index in [1.807, 2.05) is 0 Å². The van der Waals surface area contributed by atoms with Crippen LogP contribution in [-0.2, 0) is 4.79 Å². The lowest BCUT2D eigenvalue weighted by Crippen LogP contribution is -2.33. The second kappa shape index (κ2) is 7.51. The molecule has 4 unspecified atom stereocenters. The summed E-state index contributed by atoms with van der Waals surface area (Å²) in [6.45, 7) is 0.674. The molecule has 0 aliphatic carbocycles. The van der Waals surface area contributed by atoms with Gasteiger partial charge in [-0.05, 0) is 13.9 Å². The summed E-state index contributed by atoms with van der Waals surface area (Å²) < 4.78 is 0. The largest absolute Gasteiger partial charge is 0.480 e. The molecule has 0 aromatic rings. The van der Waals surface area contributed by atoms with E-state index in [0.717, 1.165) is 0 Å². The molecule has 0 aliphatic rings. The first-order chi connectivity index (χ1) is 5.57. The molecule has 0 spiro atoms. The van der Waals surface area contributed by atoms with Gasteiger partial charge in [-0.3, -0.25) is 9.88 Å². The third-order valence-corrected chi connectivity index (χ3v) is 2.97. The van der Waals surface area contributed by atoms with Crippen LogP contribution < -0.4 is 10.2 Å².